The van der Waals surface area contributed by atoms with Crippen molar-refractivity contribution in [2.24, 2.45) is 0 Å². The van der Waals surface area contributed by atoms with E-state index in [0.29, 0.717) is 25.5 Å². The van der Waals surface area contributed by atoms with Gasteiger partial charge >= 0.3 is 0 Å². The summed E-state index contributed by atoms with van der Waals surface area (Å²) < 4.78 is 0.798. The first kappa shape index (κ1) is 20.4. The average molecular weight is 470 g/mol. The number of piperazine rings is 1. The molecule has 1 saturated heterocycles. The van der Waals surface area contributed by atoms with Gasteiger partial charge in [0.1, 0.15) is 12.1 Å². The minimum atomic E-state index is 0.148. The molecule has 4 aromatic rings. The van der Waals surface area contributed by atoms with Crippen LogP contribution >= 0.6 is 34.3 Å². The maximum atomic E-state index is 12.8. The van der Waals surface area contributed by atoms with E-state index in [-0.39, 0.29) is 5.91 Å². The van der Waals surface area contributed by atoms with E-state index < -0.39 is 0 Å². The topological polar surface area (TPSA) is 75.3 Å². The van der Waals surface area contributed by atoms with E-state index in [1.54, 1.807) is 22.7 Å². The number of nitrogen functional groups attached to an aromatic ring is 1. The van der Waals surface area contributed by atoms with Crippen molar-refractivity contribution in [1.29, 1.82) is 0 Å². The molecule has 9 heteroatoms. The fraction of sp³-hybridized carbons (Fsp3) is 0.227. The Morgan fingerprint density at radius 1 is 1.10 bits per heavy atom. The number of nitrogens with zero attached hydrogens (tertiary/aromatic N) is 4. The second-order valence-corrected chi connectivity index (χ2v) is 10.3. The van der Waals surface area contributed by atoms with E-state index in [9.17, 15) is 4.79 Å². The standard InChI is InChI=1S/C22H20ClN5OS2/c23-20-4-3-19(31-20)15-8-16(30-12-15)10-27-5-6-28(21(29)11-27)9-14-1-2-17-18(7-14)25-13-26-22(17)24/h1-4,7-8,12-13H,5-6,9-11H2,(H2,24,25,26). The number of hydrogen-bond acceptors (Lipinski definition) is 7. The highest BCUT2D eigenvalue weighted by atomic mass is 35.5. The van der Waals surface area contributed by atoms with Crippen molar-refractivity contribution in [3.8, 4) is 10.4 Å². The monoisotopic (exact) mass is 469 g/mol. The Labute approximate surface area is 192 Å². The predicted octanol–water partition coefficient (Wildman–Crippen LogP) is 4.50. The molecule has 0 radical (unpaired) electrons. The minimum Gasteiger partial charge on any atom is -0.383 e. The summed E-state index contributed by atoms with van der Waals surface area (Å²) in [5, 5.41) is 2.99. The van der Waals surface area contributed by atoms with Crippen LogP contribution in [-0.4, -0.2) is 45.3 Å². The molecule has 2 N–H and O–H groups in total. The van der Waals surface area contributed by atoms with E-state index in [2.05, 4.69) is 26.3 Å². The van der Waals surface area contributed by atoms with Crippen LogP contribution in [0.3, 0.4) is 0 Å². The lowest BCUT2D eigenvalue weighted by Gasteiger charge is -2.34. The third-order valence-electron chi connectivity index (χ3n) is 5.39. The fourth-order valence-corrected chi connectivity index (χ4v) is 5.81. The molecule has 6 nitrogen and oxygen atoms in total. The Morgan fingerprint density at radius 3 is 2.81 bits per heavy atom. The Hall–Kier alpha value is -2.52. The number of carbonyl (C=O) groups excluding carboxylic acids is 1. The van der Waals surface area contributed by atoms with Crippen LogP contribution in [0.1, 0.15) is 10.4 Å². The highest BCUT2D eigenvalue weighted by molar-refractivity contribution is 7.19. The van der Waals surface area contributed by atoms with Gasteiger partial charge in [-0.25, -0.2) is 9.97 Å². The molecule has 3 aromatic heterocycles. The highest BCUT2D eigenvalue weighted by Gasteiger charge is 2.24. The molecule has 1 aromatic carbocycles. The Kier molecular flexibility index (Phi) is 5.62. The second kappa shape index (κ2) is 8.55. The molecule has 0 saturated carbocycles. The molecule has 1 fully saturated rings. The summed E-state index contributed by atoms with van der Waals surface area (Å²) in [6.07, 6.45) is 1.47. The smallest absolute Gasteiger partial charge is 0.237 e. The summed E-state index contributed by atoms with van der Waals surface area (Å²) >= 11 is 9.37. The van der Waals surface area contributed by atoms with Gasteiger partial charge in [-0.1, -0.05) is 17.7 Å². The van der Waals surface area contributed by atoms with Crippen molar-refractivity contribution in [2.75, 3.05) is 25.4 Å². The number of carbonyl (C=O) groups is 1. The largest absolute Gasteiger partial charge is 0.383 e. The lowest BCUT2D eigenvalue weighted by molar-refractivity contribution is -0.136. The molecule has 1 aliphatic heterocycles. The van der Waals surface area contributed by atoms with Gasteiger partial charge in [-0.2, -0.15) is 0 Å². The molecule has 5 rings (SSSR count). The Balaban J connectivity index is 1.21. The first-order valence-corrected chi connectivity index (χ1v) is 11.9. The normalized spacial score (nSPS) is 15.1. The van der Waals surface area contributed by atoms with Gasteiger partial charge in [0.15, 0.2) is 0 Å². The third-order valence-corrected chi connectivity index (χ3v) is 7.60. The highest BCUT2D eigenvalue weighted by Crippen LogP contribution is 2.34. The zero-order valence-electron chi connectivity index (χ0n) is 16.6. The van der Waals surface area contributed by atoms with Gasteiger partial charge in [-0.05, 0) is 41.3 Å². The zero-order chi connectivity index (χ0) is 21.4. The van der Waals surface area contributed by atoms with Crippen LogP contribution in [0.4, 0.5) is 5.82 Å². The van der Waals surface area contributed by atoms with Crippen LogP contribution in [0.5, 0.6) is 0 Å². The number of hydrogen-bond donors (Lipinski definition) is 1. The quantitative estimate of drug-likeness (QED) is 0.465. The number of benzene rings is 1. The molecule has 158 valence electrons. The second-order valence-electron chi connectivity index (χ2n) is 7.54. The van der Waals surface area contributed by atoms with E-state index in [0.717, 1.165) is 33.9 Å². The first-order valence-electron chi connectivity index (χ1n) is 9.87. The fourth-order valence-electron chi connectivity index (χ4n) is 3.78. The average Bonchev–Trinajstić information content (AvgIpc) is 3.39. The summed E-state index contributed by atoms with van der Waals surface area (Å²) in [5.41, 5.74) is 8.95. The molecule has 4 heterocycles. The van der Waals surface area contributed by atoms with Crippen LogP contribution in [-0.2, 0) is 17.9 Å². The first-order chi connectivity index (χ1) is 15.0. The SMILES string of the molecule is Nc1ncnc2cc(CN3CCN(Cc4cc(-c5ccc(Cl)s5)cs4)CC3=O)ccc12. The van der Waals surface area contributed by atoms with Crippen molar-refractivity contribution in [2.45, 2.75) is 13.1 Å². The number of thiophene rings is 2. The molecule has 0 unspecified atom stereocenters. The van der Waals surface area contributed by atoms with Gasteiger partial charge in [0.05, 0.1) is 16.4 Å². The molecule has 0 bridgehead atoms. The zero-order valence-corrected chi connectivity index (χ0v) is 19.0. The van der Waals surface area contributed by atoms with E-state index in [1.165, 1.54) is 21.6 Å². The van der Waals surface area contributed by atoms with Crippen LogP contribution in [0.2, 0.25) is 4.34 Å². The summed E-state index contributed by atoms with van der Waals surface area (Å²) in [7, 11) is 0. The molecule has 31 heavy (non-hydrogen) atoms. The lowest BCUT2D eigenvalue weighted by Crippen LogP contribution is -2.49. The lowest BCUT2D eigenvalue weighted by atomic mass is 10.1. The summed E-state index contributed by atoms with van der Waals surface area (Å²) in [4.78, 5) is 27.6. The number of halogens is 1. The summed E-state index contributed by atoms with van der Waals surface area (Å²) in [6, 6.07) is 12.1. The van der Waals surface area contributed by atoms with Gasteiger partial charge in [0.25, 0.3) is 0 Å². The van der Waals surface area contributed by atoms with Crippen molar-refractivity contribution >= 4 is 56.9 Å². The van der Waals surface area contributed by atoms with Gasteiger partial charge in [0, 0.05) is 46.9 Å². The van der Waals surface area contributed by atoms with Gasteiger partial charge in [-0.15, -0.1) is 22.7 Å². The molecule has 1 amide bonds. The number of rotatable bonds is 5. The number of amides is 1. The number of fused-ring (bicyclic) bond motifs is 1. The summed E-state index contributed by atoms with van der Waals surface area (Å²) in [5.74, 6) is 0.621. The van der Waals surface area contributed by atoms with E-state index in [4.69, 9.17) is 17.3 Å². The van der Waals surface area contributed by atoms with Crippen LogP contribution in [0.25, 0.3) is 21.3 Å². The molecular weight excluding hydrogens is 450 g/mol. The molecular formula is C22H20ClN5OS2. The number of aromatic nitrogens is 2. The van der Waals surface area contributed by atoms with Crippen LogP contribution in [0.15, 0.2) is 48.1 Å². The van der Waals surface area contributed by atoms with Gasteiger partial charge in [-0.3, -0.25) is 9.69 Å². The van der Waals surface area contributed by atoms with Crippen LogP contribution < -0.4 is 5.73 Å². The van der Waals surface area contributed by atoms with Crippen molar-refractivity contribution < 1.29 is 4.79 Å². The molecule has 0 spiro atoms. The van der Waals surface area contributed by atoms with Crippen molar-refractivity contribution in [3.05, 3.63) is 62.9 Å². The third kappa shape index (κ3) is 4.43. The Morgan fingerprint density at radius 2 is 2.00 bits per heavy atom. The van der Waals surface area contributed by atoms with Gasteiger partial charge < -0.3 is 10.6 Å². The van der Waals surface area contributed by atoms with Crippen LogP contribution in [0, 0.1) is 0 Å². The van der Waals surface area contributed by atoms with E-state index >= 15 is 0 Å². The summed E-state index contributed by atoms with van der Waals surface area (Å²) in [6.45, 7) is 3.36. The molecule has 1 aliphatic rings. The Bertz CT molecular complexity index is 1250. The van der Waals surface area contributed by atoms with Crippen molar-refractivity contribution in [1.82, 2.24) is 19.8 Å². The maximum absolute atomic E-state index is 12.8. The predicted molar refractivity (Wildman–Crippen MR) is 127 cm³/mol. The van der Waals surface area contributed by atoms with E-state index in [1.807, 2.05) is 35.2 Å². The maximum Gasteiger partial charge on any atom is 0.237 e. The minimum absolute atomic E-state index is 0.148. The van der Waals surface area contributed by atoms with Crippen molar-refractivity contribution in [3.63, 3.8) is 0 Å². The van der Waals surface area contributed by atoms with Gasteiger partial charge in [0.2, 0.25) is 5.91 Å². The number of nitrogens with two attached hydrogens (primary N) is 1. The number of anilines is 1. The molecule has 0 aliphatic carbocycles. The molecule has 0 atom stereocenters.